The van der Waals surface area contributed by atoms with Crippen molar-refractivity contribution in [2.45, 2.75) is 52.4 Å². The molecule has 15 heavy (non-hydrogen) atoms. The lowest BCUT2D eigenvalue weighted by atomic mass is 10.1. The second-order valence-corrected chi connectivity index (χ2v) is 3.88. The van der Waals surface area contributed by atoms with Crippen LogP contribution in [-0.2, 0) is 9.53 Å². The van der Waals surface area contributed by atoms with Crippen molar-refractivity contribution in [3.05, 3.63) is 0 Å². The van der Waals surface area contributed by atoms with E-state index in [2.05, 4.69) is 6.92 Å². The van der Waals surface area contributed by atoms with Gasteiger partial charge in [-0.1, -0.05) is 32.6 Å². The zero-order valence-electron chi connectivity index (χ0n) is 9.73. The molecule has 0 heterocycles. The van der Waals surface area contributed by atoms with Gasteiger partial charge in [-0.25, -0.2) is 0 Å². The normalized spacial score (nSPS) is 9.07. The molecule has 0 aromatic carbocycles. The van der Waals surface area contributed by atoms with E-state index in [1.807, 2.05) is 6.92 Å². The molecular weight excluding hydrogens is 235 g/mol. The first-order valence-electron chi connectivity index (χ1n) is 5.50. The summed E-state index contributed by atoms with van der Waals surface area (Å²) in [4.78, 5) is 10.9. The van der Waals surface area contributed by atoms with Crippen molar-refractivity contribution >= 4 is 29.2 Å². The lowest BCUT2D eigenvalue weighted by Gasteiger charge is -2.00. The van der Waals surface area contributed by atoms with Crippen LogP contribution in [0.4, 0.5) is 0 Å². The minimum atomic E-state index is -0.0472. The average molecular weight is 257 g/mol. The van der Waals surface area contributed by atoms with E-state index in [4.69, 9.17) is 27.9 Å². The van der Waals surface area contributed by atoms with Gasteiger partial charge >= 0.3 is 5.97 Å². The number of ether oxygens (including phenoxy) is 1. The van der Waals surface area contributed by atoms with Crippen molar-refractivity contribution < 1.29 is 9.53 Å². The molecule has 0 aliphatic heterocycles. The zero-order chi connectivity index (χ0) is 11.9. The molecule has 0 amide bonds. The summed E-state index contributed by atoms with van der Waals surface area (Å²) in [5.74, 6) is -0.0472. The molecule has 0 unspecified atom stereocenters. The van der Waals surface area contributed by atoms with Crippen LogP contribution in [0.15, 0.2) is 0 Å². The third kappa shape index (κ3) is 20.2. The first-order valence-corrected chi connectivity index (χ1v) is 6.57. The standard InChI is InChI=1S/C10H20O2.CH2Cl2/c1-3-5-6-7-8-9-10(11)12-4-2;2-1-3/h3-9H2,1-2H3;1H2. The smallest absolute Gasteiger partial charge is 0.305 e. The van der Waals surface area contributed by atoms with E-state index in [0.29, 0.717) is 13.0 Å². The molecular formula is C11H22Cl2O2. The molecule has 0 radical (unpaired) electrons. The summed E-state index contributed by atoms with van der Waals surface area (Å²) >= 11 is 9.53. The quantitative estimate of drug-likeness (QED) is 0.385. The molecule has 0 saturated carbocycles. The van der Waals surface area contributed by atoms with Gasteiger partial charge in [0.15, 0.2) is 0 Å². The molecule has 0 bridgehead atoms. The van der Waals surface area contributed by atoms with E-state index < -0.39 is 0 Å². The predicted molar refractivity (Wildman–Crippen MR) is 66.6 cm³/mol. The van der Waals surface area contributed by atoms with E-state index in [9.17, 15) is 4.79 Å². The van der Waals surface area contributed by atoms with Crippen LogP contribution in [0.3, 0.4) is 0 Å². The van der Waals surface area contributed by atoms with Crippen molar-refractivity contribution in [2.75, 3.05) is 11.9 Å². The first kappa shape index (κ1) is 17.4. The Balaban J connectivity index is 0. The molecule has 0 fully saturated rings. The average Bonchev–Trinajstić information content (AvgIpc) is 2.19. The van der Waals surface area contributed by atoms with Gasteiger partial charge in [-0.05, 0) is 13.3 Å². The highest BCUT2D eigenvalue weighted by atomic mass is 35.5. The molecule has 2 nitrogen and oxygen atoms in total. The third-order valence-corrected chi connectivity index (χ3v) is 1.79. The van der Waals surface area contributed by atoms with Crippen LogP contribution in [0.5, 0.6) is 0 Å². The van der Waals surface area contributed by atoms with Gasteiger partial charge in [-0.3, -0.25) is 4.79 Å². The van der Waals surface area contributed by atoms with Crippen LogP contribution >= 0.6 is 23.2 Å². The van der Waals surface area contributed by atoms with Crippen molar-refractivity contribution in [3.63, 3.8) is 0 Å². The fourth-order valence-electron chi connectivity index (χ4n) is 1.11. The van der Waals surface area contributed by atoms with E-state index >= 15 is 0 Å². The summed E-state index contributed by atoms with van der Waals surface area (Å²) in [6.45, 7) is 4.54. The largest absolute Gasteiger partial charge is 0.466 e. The summed E-state index contributed by atoms with van der Waals surface area (Å²) in [5, 5.41) is 0.194. The Kier molecular flexibility index (Phi) is 19.2. The maximum atomic E-state index is 10.9. The highest BCUT2D eigenvalue weighted by Crippen LogP contribution is 2.05. The first-order chi connectivity index (χ1) is 7.22. The Morgan fingerprint density at radius 1 is 1.07 bits per heavy atom. The number of rotatable bonds is 7. The molecule has 0 aromatic rings. The van der Waals surface area contributed by atoms with Crippen molar-refractivity contribution in [3.8, 4) is 0 Å². The highest BCUT2D eigenvalue weighted by molar-refractivity contribution is 6.40. The van der Waals surface area contributed by atoms with Gasteiger partial charge in [-0.15, -0.1) is 23.2 Å². The number of unbranched alkanes of at least 4 members (excludes halogenated alkanes) is 4. The van der Waals surface area contributed by atoms with Crippen LogP contribution in [0.1, 0.15) is 52.4 Å². The summed E-state index contributed by atoms with van der Waals surface area (Å²) in [6.07, 6.45) is 6.52. The summed E-state index contributed by atoms with van der Waals surface area (Å²) in [5.41, 5.74) is 0. The molecule has 92 valence electrons. The van der Waals surface area contributed by atoms with E-state index in [0.717, 1.165) is 12.8 Å². The molecule has 0 aliphatic carbocycles. The Labute approximate surface area is 103 Å². The molecule has 0 atom stereocenters. The van der Waals surface area contributed by atoms with Crippen LogP contribution in [0.25, 0.3) is 0 Å². The number of hydrogen-bond donors (Lipinski definition) is 0. The second-order valence-electron chi connectivity index (χ2n) is 3.07. The number of hydrogen-bond acceptors (Lipinski definition) is 2. The minimum absolute atomic E-state index is 0.0472. The Morgan fingerprint density at radius 2 is 1.60 bits per heavy atom. The molecule has 0 N–H and O–H groups in total. The molecule has 0 spiro atoms. The maximum absolute atomic E-state index is 10.9. The number of esters is 1. The number of alkyl halides is 2. The summed E-state index contributed by atoms with van der Waals surface area (Å²) in [6, 6.07) is 0. The van der Waals surface area contributed by atoms with Crippen LogP contribution in [0, 0.1) is 0 Å². The van der Waals surface area contributed by atoms with Crippen LogP contribution in [0.2, 0.25) is 0 Å². The van der Waals surface area contributed by atoms with Gasteiger partial charge in [0.2, 0.25) is 0 Å². The molecule has 0 saturated heterocycles. The van der Waals surface area contributed by atoms with Crippen molar-refractivity contribution in [2.24, 2.45) is 0 Å². The maximum Gasteiger partial charge on any atom is 0.305 e. The Bertz CT molecular complexity index is 130. The topological polar surface area (TPSA) is 26.3 Å². The number of carbonyl (C=O) groups is 1. The molecule has 0 rings (SSSR count). The molecule has 4 heteroatoms. The molecule has 0 aromatic heterocycles. The number of carbonyl (C=O) groups excluding carboxylic acids is 1. The Hall–Kier alpha value is 0.0500. The lowest BCUT2D eigenvalue weighted by molar-refractivity contribution is -0.143. The summed E-state index contributed by atoms with van der Waals surface area (Å²) < 4.78 is 4.81. The third-order valence-electron chi connectivity index (χ3n) is 1.79. The van der Waals surface area contributed by atoms with Crippen LogP contribution < -0.4 is 0 Å². The SMILES string of the molecule is CCCCCCCC(=O)OCC.ClCCl. The monoisotopic (exact) mass is 256 g/mol. The van der Waals surface area contributed by atoms with Gasteiger partial charge in [0.25, 0.3) is 0 Å². The fourth-order valence-corrected chi connectivity index (χ4v) is 1.11. The fraction of sp³-hybridized carbons (Fsp3) is 0.909. The molecule has 0 aliphatic rings. The van der Waals surface area contributed by atoms with Crippen molar-refractivity contribution in [1.82, 2.24) is 0 Å². The predicted octanol–water partition coefficient (Wildman–Crippen LogP) is 4.33. The zero-order valence-corrected chi connectivity index (χ0v) is 11.2. The van der Waals surface area contributed by atoms with E-state index in [1.54, 1.807) is 0 Å². The van der Waals surface area contributed by atoms with Gasteiger partial charge < -0.3 is 4.74 Å². The minimum Gasteiger partial charge on any atom is -0.466 e. The van der Waals surface area contributed by atoms with Gasteiger partial charge in [0, 0.05) is 6.42 Å². The summed E-state index contributed by atoms with van der Waals surface area (Å²) in [7, 11) is 0. The van der Waals surface area contributed by atoms with Crippen molar-refractivity contribution in [1.29, 1.82) is 0 Å². The van der Waals surface area contributed by atoms with Crippen LogP contribution in [-0.4, -0.2) is 17.9 Å². The lowest BCUT2D eigenvalue weighted by Crippen LogP contribution is -2.02. The van der Waals surface area contributed by atoms with E-state index in [1.165, 1.54) is 19.3 Å². The van der Waals surface area contributed by atoms with Gasteiger partial charge in [0.1, 0.15) is 0 Å². The van der Waals surface area contributed by atoms with E-state index in [-0.39, 0.29) is 11.3 Å². The Morgan fingerprint density at radius 3 is 2.07 bits per heavy atom. The second kappa shape index (κ2) is 16.5. The number of halogens is 2. The highest BCUT2D eigenvalue weighted by Gasteiger charge is 1.99. The van der Waals surface area contributed by atoms with Gasteiger partial charge in [-0.2, -0.15) is 0 Å². The van der Waals surface area contributed by atoms with Gasteiger partial charge in [0.05, 0.1) is 11.9 Å².